The van der Waals surface area contributed by atoms with Crippen LogP contribution in [0.1, 0.15) is 37.5 Å². The van der Waals surface area contributed by atoms with Gasteiger partial charge in [0, 0.05) is 37.5 Å². The molecule has 22 heavy (non-hydrogen) atoms. The minimum atomic E-state index is 0. The van der Waals surface area contributed by atoms with E-state index in [0.29, 0.717) is 0 Å². The lowest BCUT2D eigenvalue weighted by Gasteiger charge is -2.22. The minimum Gasteiger partial charge on any atom is -0.357 e. The molecule has 1 aromatic rings. The van der Waals surface area contributed by atoms with Crippen LogP contribution in [0.25, 0.3) is 0 Å². The lowest BCUT2D eigenvalue weighted by Crippen LogP contribution is -2.40. The summed E-state index contributed by atoms with van der Waals surface area (Å²) in [6, 6.07) is 4.33. The Kier molecular flexibility index (Phi) is 7.47. The summed E-state index contributed by atoms with van der Waals surface area (Å²) >= 11 is 1.83. The molecule has 1 N–H and O–H groups in total. The Hall–Kier alpha value is -0.300. The highest BCUT2D eigenvalue weighted by Crippen LogP contribution is 2.35. The number of halogens is 1. The van der Waals surface area contributed by atoms with Gasteiger partial charge in [-0.25, -0.2) is 0 Å². The number of thiophene rings is 1. The molecule has 3 nitrogen and oxygen atoms in total. The average molecular weight is 433 g/mol. The number of hydrogen-bond donors (Lipinski definition) is 1. The fourth-order valence-corrected chi connectivity index (χ4v) is 4.43. The predicted molar refractivity (Wildman–Crippen MR) is 106 cm³/mol. The average Bonchev–Trinajstić information content (AvgIpc) is 3.15. The summed E-state index contributed by atoms with van der Waals surface area (Å²) in [7, 11) is 0. The van der Waals surface area contributed by atoms with E-state index < -0.39 is 0 Å². The van der Waals surface area contributed by atoms with Gasteiger partial charge < -0.3 is 10.2 Å². The van der Waals surface area contributed by atoms with Gasteiger partial charge in [-0.2, -0.15) is 0 Å². The van der Waals surface area contributed by atoms with Gasteiger partial charge in [-0.05, 0) is 43.0 Å². The van der Waals surface area contributed by atoms with Gasteiger partial charge in [-0.1, -0.05) is 18.9 Å². The quantitative estimate of drug-likeness (QED) is 0.442. The van der Waals surface area contributed by atoms with E-state index in [-0.39, 0.29) is 24.0 Å². The van der Waals surface area contributed by atoms with E-state index in [4.69, 9.17) is 4.99 Å². The number of nitrogens with zero attached hydrogens (tertiary/aromatic N) is 2. The lowest BCUT2D eigenvalue weighted by molar-refractivity contribution is 0.299. The highest BCUT2D eigenvalue weighted by atomic mass is 127. The Balaban J connectivity index is 0.00000176. The lowest BCUT2D eigenvalue weighted by atomic mass is 9.82. The third kappa shape index (κ3) is 4.60. The Morgan fingerprint density at radius 2 is 2.05 bits per heavy atom. The molecule has 3 rings (SSSR count). The molecule has 2 aliphatic rings. The number of rotatable bonds is 4. The zero-order valence-electron chi connectivity index (χ0n) is 13.5. The van der Waals surface area contributed by atoms with Crippen LogP contribution < -0.4 is 5.32 Å². The number of likely N-dealkylation sites (tertiary alicyclic amines) is 1. The Morgan fingerprint density at radius 3 is 2.64 bits per heavy atom. The van der Waals surface area contributed by atoms with E-state index in [1.54, 1.807) is 0 Å². The topological polar surface area (TPSA) is 27.6 Å². The highest BCUT2D eigenvalue weighted by Gasteiger charge is 2.35. The van der Waals surface area contributed by atoms with E-state index in [2.05, 4.69) is 34.7 Å². The molecule has 1 aliphatic carbocycles. The minimum absolute atomic E-state index is 0. The van der Waals surface area contributed by atoms with Crippen LogP contribution in [0.15, 0.2) is 22.5 Å². The first-order valence-corrected chi connectivity index (χ1v) is 9.30. The van der Waals surface area contributed by atoms with Gasteiger partial charge >= 0.3 is 0 Å². The molecule has 2 unspecified atom stereocenters. The van der Waals surface area contributed by atoms with Gasteiger partial charge in [0.15, 0.2) is 5.96 Å². The molecule has 0 aromatic carbocycles. The van der Waals surface area contributed by atoms with Gasteiger partial charge in [0.25, 0.3) is 0 Å². The number of hydrogen-bond acceptors (Lipinski definition) is 2. The molecule has 0 bridgehead atoms. The second-order valence-electron chi connectivity index (χ2n) is 6.27. The molecule has 124 valence electrons. The van der Waals surface area contributed by atoms with Crippen LogP contribution in [0.5, 0.6) is 0 Å². The summed E-state index contributed by atoms with van der Waals surface area (Å²) in [5.41, 5.74) is 0. The summed E-state index contributed by atoms with van der Waals surface area (Å²) in [6.45, 7) is 6.46. The second-order valence-corrected chi connectivity index (χ2v) is 7.31. The van der Waals surface area contributed by atoms with Crippen LogP contribution in [0, 0.1) is 11.8 Å². The fraction of sp³-hybridized carbons (Fsp3) is 0.706. The molecule has 2 atom stereocenters. The van der Waals surface area contributed by atoms with Crippen LogP contribution in [-0.4, -0.2) is 37.0 Å². The van der Waals surface area contributed by atoms with Gasteiger partial charge in [0.1, 0.15) is 0 Å². The zero-order valence-corrected chi connectivity index (χ0v) is 16.6. The summed E-state index contributed by atoms with van der Waals surface area (Å²) < 4.78 is 0. The number of guanidine groups is 1. The van der Waals surface area contributed by atoms with Gasteiger partial charge in [-0.3, -0.25) is 4.99 Å². The molecule has 2 fully saturated rings. The number of aliphatic imine (C=N–C) groups is 1. The second kappa shape index (κ2) is 9.11. The van der Waals surface area contributed by atoms with Crippen LogP contribution >= 0.6 is 35.3 Å². The van der Waals surface area contributed by atoms with E-state index in [9.17, 15) is 0 Å². The predicted octanol–water partition coefficient (Wildman–Crippen LogP) is 4.00. The first-order valence-electron chi connectivity index (χ1n) is 8.42. The van der Waals surface area contributed by atoms with E-state index in [0.717, 1.165) is 37.3 Å². The first kappa shape index (κ1) is 18.0. The molecule has 0 radical (unpaired) electrons. The van der Waals surface area contributed by atoms with Crippen molar-refractivity contribution in [2.75, 3.05) is 26.2 Å². The van der Waals surface area contributed by atoms with Crippen molar-refractivity contribution in [3.63, 3.8) is 0 Å². The summed E-state index contributed by atoms with van der Waals surface area (Å²) in [5.74, 6) is 2.98. The van der Waals surface area contributed by atoms with Crippen LogP contribution in [0.4, 0.5) is 0 Å². The molecular formula is C17H28IN3S. The third-order valence-electron chi connectivity index (χ3n) is 4.81. The standard InChI is InChI=1S/C17H27N3S.HI/c1-2-18-17(19-10-9-16-8-5-11-21-16)20-12-14-6-3-4-7-15(14)13-20;/h5,8,11,14-15H,2-4,6-7,9-10,12-13H2,1H3,(H,18,19);1H. The fourth-order valence-electron chi connectivity index (χ4n) is 3.73. The highest BCUT2D eigenvalue weighted by molar-refractivity contribution is 14.0. The molecule has 0 amide bonds. The maximum atomic E-state index is 4.87. The van der Waals surface area contributed by atoms with Gasteiger partial charge in [0.05, 0.1) is 0 Å². The molecule has 1 saturated carbocycles. The summed E-state index contributed by atoms with van der Waals surface area (Å²) in [6.07, 6.45) is 6.78. The van der Waals surface area contributed by atoms with Crippen LogP contribution in [-0.2, 0) is 6.42 Å². The largest absolute Gasteiger partial charge is 0.357 e. The number of fused-ring (bicyclic) bond motifs is 1. The molecule has 1 aromatic heterocycles. The maximum Gasteiger partial charge on any atom is 0.193 e. The summed E-state index contributed by atoms with van der Waals surface area (Å²) in [5, 5.41) is 5.64. The monoisotopic (exact) mass is 433 g/mol. The van der Waals surface area contributed by atoms with Crippen molar-refractivity contribution >= 4 is 41.3 Å². The van der Waals surface area contributed by atoms with Crippen molar-refractivity contribution < 1.29 is 0 Å². The Morgan fingerprint density at radius 1 is 1.32 bits per heavy atom. The third-order valence-corrected chi connectivity index (χ3v) is 5.75. The van der Waals surface area contributed by atoms with Crippen molar-refractivity contribution in [2.24, 2.45) is 16.8 Å². The smallest absolute Gasteiger partial charge is 0.193 e. The van der Waals surface area contributed by atoms with Crippen LogP contribution in [0.2, 0.25) is 0 Å². The van der Waals surface area contributed by atoms with E-state index in [1.807, 2.05) is 11.3 Å². The molecular weight excluding hydrogens is 405 g/mol. The normalized spacial score (nSPS) is 24.8. The molecule has 1 saturated heterocycles. The Bertz CT molecular complexity index is 446. The number of nitrogens with one attached hydrogen (secondary N) is 1. The van der Waals surface area contributed by atoms with E-state index in [1.165, 1.54) is 43.6 Å². The van der Waals surface area contributed by atoms with Gasteiger partial charge in [0.2, 0.25) is 0 Å². The molecule has 0 spiro atoms. The van der Waals surface area contributed by atoms with Crippen molar-refractivity contribution in [3.8, 4) is 0 Å². The molecule has 1 aliphatic heterocycles. The van der Waals surface area contributed by atoms with Crippen molar-refractivity contribution in [3.05, 3.63) is 22.4 Å². The Labute approximate surface area is 155 Å². The van der Waals surface area contributed by atoms with Crippen molar-refractivity contribution in [2.45, 2.75) is 39.0 Å². The maximum absolute atomic E-state index is 4.87. The van der Waals surface area contributed by atoms with Crippen molar-refractivity contribution in [1.29, 1.82) is 0 Å². The van der Waals surface area contributed by atoms with Crippen LogP contribution in [0.3, 0.4) is 0 Å². The molecule has 5 heteroatoms. The SMILES string of the molecule is CCNC(=NCCc1cccs1)N1CC2CCCCC2C1.I. The van der Waals surface area contributed by atoms with Crippen molar-refractivity contribution in [1.82, 2.24) is 10.2 Å². The van der Waals surface area contributed by atoms with Gasteiger partial charge in [-0.15, -0.1) is 35.3 Å². The molecule has 2 heterocycles. The first-order chi connectivity index (χ1) is 10.4. The summed E-state index contributed by atoms with van der Waals surface area (Å²) in [4.78, 5) is 8.81. The zero-order chi connectivity index (χ0) is 14.5. The van der Waals surface area contributed by atoms with E-state index >= 15 is 0 Å².